The fourth-order valence-corrected chi connectivity index (χ4v) is 7.82. The fraction of sp³-hybridized carbons (Fsp3) is 0.121. The third-order valence-corrected chi connectivity index (χ3v) is 10.6. The maximum absolute atomic E-state index is 13.0. The molecule has 0 spiro atoms. The number of halogens is 2. The molecule has 13 heteroatoms. The molecule has 0 aliphatic rings. The Labute approximate surface area is 287 Å². The van der Waals surface area contributed by atoms with Crippen LogP contribution < -0.4 is 10.6 Å². The van der Waals surface area contributed by atoms with Gasteiger partial charge in [0.2, 0.25) is 11.8 Å². The van der Waals surface area contributed by atoms with Gasteiger partial charge in [0.25, 0.3) is 0 Å². The lowest BCUT2D eigenvalue weighted by atomic mass is 9.99. The zero-order valence-corrected chi connectivity index (χ0v) is 28.3. The Balaban J connectivity index is 1.04. The van der Waals surface area contributed by atoms with Gasteiger partial charge in [-0.15, -0.1) is 21.5 Å². The van der Waals surface area contributed by atoms with E-state index in [1.807, 2.05) is 85.9 Å². The normalized spacial score (nSPS) is 11.2. The average molecular weight is 706 g/mol. The van der Waals surface area contributed by atoms with Gasteiger partial charge in [-0.1, -0.05) is 107 Å². The number of carbonyl (C=O) groups is 2. The molecule has 4 aromatic carbocycles. The molecule has 0 fully saturated rings. The molecule has 2 amide bonds. The first-order chi connectivity index (χ1) is 22.3. The molecule has 0 radical (unpaired) electrons. The molecule has 2 aromatic heterocycles. The third-order valence-electron chi connectivity index (χ3n) is 6.89. The van der Waals surface area contributed by atoms with Crippen molar-refractivity contribution < 1.29 is 9.59 Å². The molecule has 0 saturated heterocycles. The molecule has 0 aliphatic carbocycles. The van der Waals surface area contributed by atoms with Gasteiger partial charge in [-0.3, -0.25) is 9.59 Å². The van der Waals surface area contributed by atoms with Crippen molar-refractivity contribution in [2.24, 2.45) is 7.05 Å². The number of aromatic nitrogens is 4. The summed E-state index contributed by atoms with van der Waals surface area (Å²) in [7, 11) is 1.82. The zero-order valence-electron chi connectivity index (χ0n) is 24.3. The van der Waals surface area contributed by atoms with Crippen LogP contribution in [0, 0.1) is 0 Å². The van der Waals surface area contributed by atoms with Crippen LogP contribution in [0.1, 0.15) is 17.2 Å². The lowest BCUT2D eigenvalue weighted by Crippen LogP contribution is -2.30. The quantitative estimate of drug-likeness (QED) is 0.131. The molecule has 0 unspecified atom stereocenters. The zero-order chi connectivity index (χ0) is 32.0. The number of amides is 2. The number of thioether (sulfide) groups is 2. The topological polar surface area (TPSA) is 102 Å². The summed E-state index contributed by atoms with van der Waals surface area (Å²) >= 11 is 16.5. The molecule has 6 rings (SSSR count). The number of hydrogen-bond donors (Lipinski definition) is 2. The molecule has 6 aromatic rings. The number of anilines is 1. The van der Waals surface area contributed by atoms with Crippen molar-refractivity contribution in [3.63, 3.8) is 0 Å². The van der Waals surface area contributed by atoms with Crippen LogP contribution in [0.25, 0.3) is 21.6 Å². The van der Waals surface area contributed by atoms with Crippen molar-refractivity contribution in [1.82, 2.24) is 25.1 Å². The number of rotatable bonds is 11. The molecule has 0 saturated carbocycles. The smallest absolute Gasteiger partial charge is 0.234 e. The molecule has 2 heterocycles. The summed E-state index contributed by atoms with van der Waals surface area (Å²) in [5.41, 5.74) is 4.21. The van der Waals surface area contributed by atoms with Crippen LogP contribution in [0.4, 0.5) is 5.69 Å². The van der Waals surface area contributed by atoms with E-state index in [1.54, 1.807) is 22.8 Å². The molecular formula is C33H26Cl2N6O2S3. The fourth-order valence-electron chi connectivity index (χ4n) is 4.70. The van der Waals surface area contributed by atoms with E-state index in [9.17, 15) is 9.59 Å². The van der Waals surface area contributed by atoms with Crippen molar-refractivity contribution >= 4 is 85.8 Å². The second-order valence-electron chi connectivity index (χ2n) is 10.1. The lowest BCUT2D eigenvalue weighted by molar-refractivity contribution is -0.119. The van der Waals surface area contributed by atoms with Gasteiger partial charge >= 0.3 is 0 Å². The van der Waals surface area contributed by atoms with Gasteiger partial charge in [-0.25, -0.2) is 4.98 Å². The number of thiazole rings is 1. The monoisotopic (exact) mass is 704 g/mol. The van der Waals surface area contributed by atoms with Gasteiger partial charge in [0.1, 0.15) is 0 Å². The van der Waals surface area contributed by atoms with Crippen molar-refractivity contribution in [2.75, 3.05) is 16.8 Å². The first-order valence-corrected chi connectivity index (χ1v) is 17.6. The molecule has 8 nitrogen and oxygen atoms in total. The van der Waals surface area contributed by atoms with Gasteiger partial charge in [-0.05, 0) is 47.5 Å². The van der Waals surface area contributed by atoms with E-state index >= 15 is 0 Å². The highest BCUT2D eigenvalue weighted by Crippen LogP contribution is 2.33. The van der Waals surface area contributed by atoms with E-state index in [2.05, 4.69) is 25.8 Å². The molecule has 0 aliphatic heterocycles. The summed E-state index contributed by atoms with van der Waals surface area (Å²) in [6.45, 7) is 0. The summed E-state index contributed by atoms with van der Waals surface area (Å²) in [4.78, 5) is 30.5. The summed E-state index contributed by atoms with van der Waals surface area (Å²) in [5, 5.41) is 16.2. The minimum absolute atomic E-state index is 0.0845. The van der Waals surface area contributed by atoms with E-state index in [0.717, 1.165) is 25.7 Å². The minimum atomic E-state index is -0.243. The molecule has 232 valence electrons. The molecule has 0 bridgehead atoms. The number of benzene rings is 4. The number of nitrogens with zero attached hydrogens (tertiary/aromatic N) is 4. The first-order valence-electron chi connectivity index (χ1n) is 14.0. The van der Waals surface area contributed by atoms with E-state index in [-0.39, 0.29) is 29.4 Å². The Morgan fingerprint density at radius 1 is 0.848 bits per heavy atom. The number of nitrogens with one attached hydrogen (secondary N) is 2. The van der Waals surface area contributed by atoms with E-state index in [4.69, 9.17) is 23.2 Å². The predicted molar refractivity (Wildman–Crippen MR) is 189 cm³/mol. The number of hydrogen-bond acceptors (Lipinski definition) is 8. The van der Waals surface area contributed by atoms with Crippen LogP contribution in [0.3, 0.4) is 0 Å². The third kappa shape index (κ3) is 7.73. The lowest BCUT2D eigenvalue weighted by Gasteiger charge is -2.19. The molecule has 46 heavy (non-hydrogen) atoms. The second-order valence-corrected chi connectivity index (χ2v) is 14.1. The van der Waals surface area contributed by atoms with E-state index < -0.39 is 0 Å². The van der Waals surface area contributed by atoms with Crippen molar-refractivity contribution in [3.05, 3.63) is 118 Å². The van der Waals surface area contributed by atoms with Gasteiger partial charge in [0.05, 0.1) is 32.8 Å². The Hall–Kier alpha value is -3.87. The van der Waals surface area contributed by atoms with E-state index in [1.165, 1.54) is 34.9 Å². The largest absolute Gasteiger partial charge is 0.344 e. The van der Waals surface area contributed by atoms with Gasteiger partial charge in [-0.2, -0.15) is 0 Å². The van der Waals surface area contributed by atoms with E-state index in [0.29, 0.717) is 32.3 Å². The van der Waals surface area contributed by atoms with Crippen LogP contribution in [-0.2, 0) is 16.6 Å². The van der Waals surface area contributed by atoms with Crippen molar-refractivity contribution in [3.8, 4) is 11.4 Å². The van der Waals surface area contributed by atoms with Crippen LogP contribution in [0.15, 0.2) is 107 Å². The Bertz CT molecular complexity index is 1960. The first kappa shape index (κ1) is 32.1. The highest BCUT2D eigenvalue weighted by Gasteiger charge is 2.18. The standard InChI is InChI=1S/C33H26Cl2N6O2S3/c1-41-31(24-14-12-22(34)16-25(24)35)39-40-32(41)44-18-28(42)36-23-13-15-26-27(17-23)46-33(37-26)45-19-29(43)38-30(20-8-4-2-5-9-20)21-10-6-3-7-11-21/h2-17,30H,18-19H2,1H3,(H,36,42)(H,38,43). The number of carbonyl (C=O) groups excluding carboxylic acids is 2. The summed E-state index contributed by atoms with van der Waals surface area (Å²) in [5.74, 6) is 0.688. The average Bonchev–Trinajstić information content (AvgIpc) is 3.64. The van der Waals surface area contributed by atoms with Gasteiger partial charge in [0.15, 0.2) is 15.3 Å². The summed E-state index contributed by atoms with van der Waals surface area (Å²) in [6.07, 6.45) is 0. The molecule has 0 atom stereocenters. The van der Waals surface area contributed by atoms with Crippen molar-refractivity contribution in [1.29, 1.82) is 0 Å². The highest BCUT2D eigenvalue weighted by molar-refractivity contribution is 8.01. The predicted octanol–water partition coefficient (Wildman–Crippen LogP) is 8.13. The summed E-state index contributed by atoms with van der Waals surface area (Å²) in [6, 6.07) is 30.4. The summed E-state index contributed by atoms with van der Waals surface area (Å²) < 4.78 is 3.48. The maximum atomic E-state index is 13.0. The van der Waals surface area contributed by atoms with Crippen molar-refractivity contribution in [2.45, 2.75) is 15.5 Å². The number of fused-ring (bicyclic) bond motifs is 1. The van der Waals surface area contributed by atoms with Gasteiger partial charge < -0.3 is 15.2 Å². The highest BCUT2D eigenvalue weighted by atomic mass is 35.5. The minimum Gasteiger partial charge on any atom is -0.344 e. The van der Waals surface area contributed by atoms with Crippen LogP contribution in [0.5, 0.6) is 0 Å². The van der Waals surface area contributed by atoms with Crippen LogP contribution in [-0.4, -0.2) is 43.1 Å². The van der Waals surface area contributed by atoms with Crippen LogP contribution >= 0.6 is 58.1 Å². The second kappa shape index (κ2) is 14.7. The SMILES string of the molecule is Cn1c(SCC(=O)Nc2ccc3nc(SCC(=O)NC(c4ccccc4)c4ccccc4)sc3c2)nnc1-c1ccc(Cl)cc1Cl. The maximum Gasteiger partial charge on any atom is 0.234 e. The molecular weight excluding hydrogens is 680 g/mol. The molecule has 2 N–H and O–H groups in total. The Morgan fingerprint density at radius 2 is 1.54 bits per heavy atom. The Kier molecular flexibility index (Phi) is 10.3. The Morgan fingerprint density at radius 3 is 2.24 bits per heavy atom. The van der Waals surface area contributed by atoms with Gasteiger partial charge in [0, 0.05) is 23.3 Å². The van der Waals surface area contributed by atoms with Crippen LogP contribution in [0.2, 0.25) is 10.0 Å².